The lowest BCUT2D eigenvalue weighted by Gasteiger charge is -2.18. The Hall–Kier alpha value is -2.64. The molecular formula is C22H21NO4S2. The molecule has 0 saturated carbocycles. The van der Waals surface area contributed by atoms with Crippen molar-refractivity contribution in [1.82, 2.24) is 5.32 Å². The van der Waals surface area contributed by atoms with E-state index < -0.39 is 0 Å². The molecule has 1 aliphatic rings. The maximum absolute atomic E-state index is 12.4. The van der Waals surface area contributed by atoms with E-state index in [1.54, 1.807) is 6.07 Å². The molecule has 1 N–H and O–H groups in total. The monoisotopic (exact) mass is 427 g/mol. The molecule has 2 aromatic heterocycles. The van der Waals surface area contributed by atoms with Crippen LogP contribution >= 0.6 is 22.7 Å². The summed E-state index contributed by atoms with van der Waals surface area (Å²) in [4.78, 5) is 26.2. The Labute approximate surface area is 177 Å². The summed E-state index contributed by atoms with van der Waals surface area (Å²) in [6, 6.07) is 11.2. The maximum Gasteiger partial charge on any atom is 0.258 e. The highest BCUT2D eigenvalue weighted by Gasteiger charge is 2.32. The van der Waals surface area contributed by atoms with E-state index in [1.165, 1.54) is 22.7 Å². The second-order valence-corrected chi connectivity index (χ2v) is 9.40. The molecule has 1 amide bonds. The quantitative estimate of drug-likeness (QED) is 0.566. The first-order chi connectivity index (χ1) is 13.9. The van der Waals surface area contributed by atoms with E-state index in [9.17, 15) is 9.59 Å². The SMILES string of the molecule is CC1(C)Cc2cccc(OCC(=O)NCc3ccc(C(=O)c4ccsc4)s3)c2O1. The zero-order valence-corrected chi connectivity index (χ0v) is 17.8. The molecule has 7 heteroatoms. The minimum atomic E-state index is -0.263. The van der Waals surface area contributed by atoms with Crippen LogP contribution in [0.4, 0.5) is 0 Å². The summed E-state index contributed by atoms with van der Waals surface area (Å²) in [5.41, 5.74) is 1.53. The van der Waals surface area contributed by atoms with Crippen LogP contribution in [0.2, 0.25) is 0 Å². The molecule has 0 radical (unpaired) electrons. The molecule has 0 fully saturated rings. The predicted octanol–water partition coefficient (Wildman–Crippen LogP) is 4.45. The van der Waals surface area contributed by atoms with Crippen molar-refractivity contribution in [3.63, 3.8) is 0 Å². The number of carbonyl (C=O) groups excluding carboxylic acids is 2. The molecule has 150 valence electrons. The van der Waals surface area contributed by atoms with Crippen molar-refractivity contribution in [3.8, 4) is 11.5 Å². The normalized spacial score (nSPS) is 14.1. The minimum Gasteiger partial charge on any atom is -0.483 e. The Morgan fingerprint density at radius 2 is 2.07 bits per heavy atom. The van der Waals surface area contributed by atoms with Gasteiger partial charge in [0.1, 0.15) is 5.60 Å². The number of amides is 1. The summed E-state index contributed by atoms with van der Waals surface area (Å²) in [6.07, 6.45) is 0.816. The van der Waals surface area contributed by atoms with Gasteiger partial charge < -0.3 is 14.8 Å². The molecule has 0 aliphatic carbocycles. The number of carbonyl (C=O) groups is 2. The number of benzene rings is 1. The fraction of sp³-hybridized carbons (Fsp3) is 0.273. The summed E-state index contributed by atoms with van der Waals surface area (Å²) in [6.45, 7) is 4.33. The van der Waals surface area contributed by atoms with Gasteiger partial charge in [0.2, 0.25) is 5.78 Å². The number of hydrogen-bond donors (Lipinski definition) is 1. The highest BCUT2D eigenvalue weighted by atomic mass is 32.1. The second-order valence-electron chi connectivity index (χ2n) is 7.46. The highest BCUT2D eigenvalue weighted by Crippen LogP contribution is 2.41. The summed E-state index contributed by atoms with van der Waals surface area (Å²) in [5.74, 6) is 1.10. The fourth-order valence-corrected chi connectivity index (χ4v) is 4.76. The van der Waals surface area contributed by atoms with Crippen molar-refractivity contribution < 1.29 is 19.1 Å². The summed E-state index contributed by atoms with van der Waals surface area (Å²) in [5, 5.41) is 6.56. The summed E-state index contributed by atoms with van der Waals surface area (Å²) < 4.78 is 11.7. The van der Waals surface area contributed by atoms with Gasteiger partial charge in [-0.3, -0.25) is 9.59 Å². The third-order valence-electron chi connectivity index (χ3n) is 4.54. The van der Waals surface area contributed by atoms with Crippen molar-refractivity contribution in [3.05, 3.63) is 68.0 Å². The molecular weight excluding hydrogens is 406 g/mol. The van der Waals surface area contributed by atoms with Gasteiger partial charge in [-0.2, -0.15) is 11.3 Å². The van der Waals surface area contributed by atoms with Gasteiger partial charge in [0.25, 0.3) is 5.91 Å². The standard InChI is InChI=1S/C22H21NO4S2/c1-22(2)10-14-4-3-5-17(21(14)27-22)26-12-19(24)23-11-16-6-7-18(29-16)20(25)15-8-9-28-13-15/h3-9,13H,10-12H2,1-2H3,(H,23,24). The van der Waals surface area contributed by atoms with Gasteiger partial charge in [0, 0.05) is 27.8 Å². The number of nitrogens with one attached hydrogen (secondary N) is 1. The molecule has 3 aromatic rings. The fourth-order valence-electron chi connectivity index (χ4n) is 3.21. The van der Waals surface area contributed by atoms with Crippen molar-refractivity contribution in [2.75, 3.05) is 6.61 Å². The van der Waals surface area contributed by atoms with E-state index in [0.29, 0.717) is 22.7 Å². The Balaban J connectivity index is 1.30. The zero-order valence-electron chi connectivity index (χ0n) is 16.2. The Morgan fingerprint density at radius 3 is 2.86 bits per heavy atom. The van der Waals surface area contributed by atoms with Crippen molar-refractivity contribution >= 4 is 34.4 Å². The van der Waals surface area contributed by atoms with Gasteiger partial charge in [-0.05, 0) is 43.5 Å². The third kappa shape index (κ3) is 4.52. The molecule has 0 atom stereocenters. The molecule has 0 bridgehead atoms. The van der Waals surface area contributed by atoms with Gasteiger partial charge in [-0.25, -0.2) is 0 Å². The number of fused-ring (bicyclic) bond motifs is 1. The number of ether oxygens (including phenoxy) is 2. The van der Waals surface area contributed by atoms with E-state index in [-0.39, 0.29) is 23.9 Å². The van der Waals surface area contributed by atoms with Crippen LogP contribution in [-0.2, 0) is 17.8 Å². The lowest BCUT2D eigenvalue weighted by molar-refractivity contribution is -0.123. The topological polar surface area (TPSA) is 64.6 Å². The van der Waals surface area contributed by atoms with Crippen molar-refractivity contribution in [2.24, 2.45) is 0 Å². The molecule has 4 rings (SSSR count). The Morgan fingerprint density at radius 1 is 1.21 bits per heavy atom. The van der Waals surface area contributed by atoms with Crippen LogP contribution in [0, 0.1) is 0 Å². The van der Waals surface area contributed by atoms with E-state index in [2.05, 4.69) is 5.32 Å². The first kappa shape index (κ1) is 19.7. The minimum absolute atomic E-state index is 0.0121. The van der Waals surface area contributed by atoms with Crippen LogP contribution < -0.4 is 14.8 Å². The lowest BCUT2D eigenvalue weighted by atomic mass is 10.0. The smallest absolute Gasteiger partial charge is 0.258 e. The van der Waals surface area contributed by atoms with E-state index in [0.717, 1.165) is 22.6 Å². The molecule has 29 heavy (non-hydrogen) atoms. The van der Waals surface area contributed by atoms with Crippen molar-refractivity contribution in [2.45, 2.75) is 32.4 Å². The average Bonchev–Trinajstić information content (AvgIpc) is 3.42. The predicted molar refractivity (Wildman–Crippen MR) is 114 cm³/mol. The maximum atomic E-state index is 12.4. The van der Waals surface area contributed by atoms with Crippen LogP contribution in [0.15, 0.2) is 47.2 Å². The number of para-hydroxylation sites is 1. The third-order valence-corrected chi connectivity index (χ3v) is 6.31. The molecule has 0 spiro atoms. The number of rotatable bonds is 7. The molecule has 5 nitrogen and oxygen atoms in total. The van der Waals surface area contributed by atoms with Gasteiger partial charge in [-0.15, -0.1) is 11.3 Å². The molecule has 1 aromatic carbocycles. The summed E-state index contributed by atoms with van der Waals surface area (Å²) in [7, 11) is 0. The zero-order chi connectivity index (χ0) is 20.4. The van der Waals surface area contributed by atoms with Gasteiger partial charge in [-0.1, -0.05) is 12.1 Å². The molecule has 1 aliphatic heterocycles. The van der Waals surface area contributed by atoms with Gasteiger partial charge in [0.05, 0.1) is 11.4 Å². The number of thiophene rings is 2. The molecule has 3 heterocycles. The van der Waals surface area contributed by atoms with Gasteiger partial charge >= 0.3 is 0 Å². The molecule has 0 unspecified atom stereocenters. The van der Waals surface area contributed by atoms with Crippen LogP contribution in [0.3, 0.4) is 0 Å². The Kier molecular flexibility index (Phi) is 5.43. The average molecular weight is 428 g/mol. The lowest BCUT2D eigenvalue weighted by Crippen LogP contribution is -2.28. The van der Waals surface area contributed by atoms with E-state index >= 15 is 0 Å². The van der Waals surface area contributed by atoms with Crippen LogP contribution in [0.1, 0.15) is 39.5 Å². The highest BCUT2D eigenvalue weighted by molar-refractivity contribution is 7.14. The largest absolute Gasteiger partial charge is 0.483 e. The number of hydrogen-bond acceptors (Lipinski definition) is 6. The first-order valence-electron chi connectivity index (χ1n) is 9.27. The number of ketones is 1. The van der Waals surface area contributed by atoms with E-state index in [4.69, 9.17) is 9.47 Å². The van der Waals surface area contributed by atoms with Gasteiger partial charge in [0.15, 0.2) is 18.1 Å². The van der Waals surface area contributed by atoms with Crippen LogP contribution in [0.25, 0.3) is 0 Å². The van der Waals surface area contributed by atoms with Crippen LogP contribution in [0.5, 0.6) is 11.5 Å². The molecule has 0 saturated heterocycles. The Bertz CT molecular complexity index is 1040. The first-order valence-corrected chi connectivity index (χ1v) is 11.0. The second kappa shape index (κ2) is 8.00. The summed E-state index contributed by atoms with van der Waals surface area (Å²) >= 11 is 2.89. The van der Waals surface area contributed by atoms with Crippen LogP contribution in [-0.4, -0.2) is 23.9 Å². The van der Waals surface area contributed by atoms with Crippen molar-refractivity contribution in [1.29, 1.82) is 0 Å². The van der Waals surface area contributed by atoms with E-state index in [1.807, 2.05) is 54.9 Å².